The van der Waals surface area contributed by atoms with Gasteiger partial charge in [-0.2, -0.15) is 0 Å². The number of hydrogen-bond acceptors (Lipinski definition) is 4. The Labute approximate surface area is 104 Å². The molecule has 0 bridgehead atoms. The van der Waals surface area contributed by atoms with Gasteiger partial charge in [-0.3, -0.25) is 9.78 Å². The zero-order chi connectivity index (χ0) is 13.0. The summed E-state index contributed by atoms with van der Waals surface area (Å²) in [5.41, 5.74) is 0.615. The normalized spacial score (nSPS) is 10.1. The monoisotopic (exact) mass is 244 g/mol. The predicted molar refractivity (Wildman–Crippen MR) is 65.4 cm³/mol. The van der Waals surface area contributed by atoms with E-state index in [1.54, 1.807) is 24.7 Å². The molecule has 92 valence electrons. The number of ether oxygens (including phenoxy) is 1. The van der Waals surface area contributed by atoms with Crippen LogP contribution in [0.15, 0.2) is 47.7 Å². The summed E-state index contributed by atoms with van der Waals surface area (Å²) in [7, 11) is 1.25. The van der Waals surface area contributed by atoms with Crippen LogP contribution in [-0.2, 0) is 11.3 Å². The molecule has 0 saturated carbocycles. The number of aromatic nitrogens is 2. The van der Waals surface area contributed by atoms with Crippen LogP contribution in [-0.4, -0.2) is 22.6 Å². The molecule has 2 heterocycles. The van der Waals surface area contributed by atoms with E-state index in [0.717, 1.165) is 5.56 Å². The van der Waals surface area contributed by atoms with Crippen molar-refractivity contribution in [2.75, 3.05) is 7.11 Å². The fourth-order valence-electron chi connectivity index (χ4n) is 1.61. The molecular formula is C13H12N2O3. The van der Waals surface area contributed by atoms with Crippen molar-refractivity contribution in [2.45, 2.75) is 6.54 Å². The summed E-state index contributed by atoms with van der Waals surface area (Å²) in [5.74, 6) is -0.621. The summed E-state index contributed by atoms with van der Waals surface area (Å²) in [6, 6.07) is 6.74. The van der Waals surface area contributed by atoms with E-state index in [1.807, 2.05) is 12.1 Å². The first kappa shape index (κ1) is 12.0. The Kier molecular flexibility index (Phi) is 3.52. The molecule has 2 aromatic rings. The third-order valence-electron chi connectivity index (χ3n) is 2.53. The molecular weight excluding hydrogens is 232 g/mol. The van der Waals surface area contributed by atoms with E-state index < -0.39 is 5.97 Å². The maximum Gasteiger partial charge on any atom is 0.343 e. The molecule has 0 aliphatic carbocycles. The summed E-state index contributed by atoms with van der Waals surface area (Å²) in [4.78, 5) is 27.3. The van der Waals surface area contributed by atoms with Gasteiger partial charge in [0.1, 0.15) is 5.56 Å². The second-order valence-corrected chi connectivity index (χ2v) is 3.70. The van der Waals surface area contributed by atoms with E-state index in [0.29, 0.717) is 6.54 Å². The van der Waals surface area contributed by atoms with E-state index in [1.165, 1.54) is 17.7 Å². The van der Waals surface area contributed by atoms with Crippen LogP contribution in [0.25, 0.3) is 0 Å². The van der Waals surface area contributed by atoms with Gasteiger partial charge in [-0.1, -0.05) is 0 Å². The van der Waals surface area contributed by atoms with Crippen molar-refractivity contribution < 1.29 is 9.53 Å². The number of carbonyl (C=O) groups is 1. The van der Waals surface area contributed by atoms with Crippen molar-refractivity contribution in [1.29, 1.82) is 0 Å². The Hall–Kier alpha value is -2.43. The summed E-state index contributed by atoms with van der Waals surface area (Å²) < 4.78 is 6.02. The molecule has 0 atom stereocenters. The zero-order valence-electron chi connectivity index (χ0n) is 9.87. The van der Waals surface area contributed by atoms with E-state index >= 15 is 0 Å². The molecule has 0 unspecified atom stereocenters. The number of methoxy groups -OCH3 is 1. The first-order valence-electron chi connectivity index (χ1n) is 5.39. The van der Waals surface area contributed by atoms with Crippen molar-refractivity contribution in [3.63, 3.8) is 0 Å². The molecule has 18 heavy (non-hydrogen) atoms. The zero-order valence-corrected chi connectivity index (χ0v) is 9.87. The smallest absolute Gasteiger partial charge is 0.343 e. The summed E-state index contributed by atoms with van der Waals surface area (Å²) in [6.07, 6.45) is 4.95. The van der Waals surface area contributed by atoms with Crippen LogP contribution in [0.1, 0.15) is 15.9 Å². The lowest BCUT2D eigenvalue weighted by atomic mass is 10.2. The Bertz CT molecular complexity index is 605. The van der Waals surface area contributed by atoms with Crippen LogP contribution in [0, 0.1) is 0 Å². The third kappa shape index (κ3) is 2.45. The molecule has 0 fully saturated rings. The average molecular weight is 244 g/mol. The Balaban J connectivity index is 2.35. The molecule has 5 heteroatoms. The van der Waals surface area contributed by atoms with E-state index in [4.69, 9.17) is 0 Å². The SMILES string of the molecule is COC(=O)c1cccn(Cc2ccncc2)c1=O. The second kappa shape index (κ2) is 5.27. The molecule has 0 aliphatic rings. The maximum absolute atomic E-state index is 12.0. The van der Waals surface area contributed by atoms with Gasteiger partial charge in [0, 0.05) is 18.6 Å². The van der Waals surface area contributed by atoms with Gasteiger partial charge >= 0.3 is 5.97 Å². The molecule has 0 saturated heterocycles. The summed E-state index contributed by atoms with van der Waals surface area (Å²) in [5, 5.41) is 0. The Morgan fingerprint density at radius 1 is 1.33 bits per heavy atom. The lowest BCUT2D eigenvalue weighted by Gasteiger charge is -2.07. The molecule has 0 aliphatic heterocycles. The minimum atomic E-state index is -0.621. The second-order valence-electron chi connectivity index (χ2n) is 3.70. The first-order valence-corrected chi connectivity index (χ1v) is 5.39. The fourth-order valence-corrected chi connectivity index (χ4v) is 1.61. The fraction of sp³-hybridized carbons (Fsp3) is 0.154. The van der Waals surface area contributed by atoms with Gasteiger partial charge in [0.05, 0.1) is 13.7 Å². The number of pyridine rings is 2. The quantitative estimate of drug-likeness (QED) is 0.758. The van der Waals surface area contributed by atoms with Gasteiger partial charge in [0.15, 0.2) is 0 Å². The molecule has 0 amide bonds. The first-order chi connectivity index (χ1) is 8.72. The van der Waals surface area contributed by atoms with Crippen LogP contribution in [0.4, 0.5) is 0 Å². The van der Waals surface area contributed by atoms with Gasteiger partial charge in [-0.05, 0) is 29.8 Å². The maximum atomic E-state index is 12.0. The molecule has 0 aromatic carbocycles. The molecule has 2 aromatic heterocycles. The van der Waals surface area contributed by atoms with Crippen molar-refractivity contribution in [3.8, 4) is 0 Å². The van der Waals surface area contributed by atoms with E-state index in [9.17, 15) is 9.59 Å². The highest BCUT2D eigenvalue weighted by Crippen LogP contribution is 2.00. The van der Waals surface area contributed by atoms with Crippen molar-refractivity contribution in [1.82, 2.24) is 9.55 Å². The Morgan fingerprint density at radius 2 is 2.06 bits per heavy atom. The lowest BCUT2D eigenvalue weighted by molar-refractivity contribution is 0.0598. The largest absolute Gasteiger partial charge is 0.465 e. The number of carbonyl (C=O) groups excluding carboxylic acids is 1. The third-order valence-corrected chi connectivity index (χ3v) is 2.53. The molecule has 0 radical (unpaired) electrons. The topological polar surface area (TPSA) is 61.2 Å². The van der Waals surface area contributed by atoms with Crippen LogP contribution in [0.5, 0.6) is 0 Å². The number of esters is 1. The van der Waals surface area contributed by atoms with Gasteiger partial charge in [-0.15, -0.1) is 0 Å². The van der Waals surface area contributed by atoms with Crippen molar-refractivity contribution in [2.24, 2.45) is 0 Å². The van der Waals surface area contributed by atoms with Crippen LogP contribution < -0.4 is 5.56 Å². The van der Waals surface area contributed by atoms with Gasteiger partial charge in [0.25, 0.3) is 5.56 Å². The minimum Gasteiger partial charge on any atom is -0.465 e. The van der Waals surface area contributed by atoms with Gasteiger partial charge in [0.2, 0.25) is 0 Å². The van der Waals surface area contributed by atoms with Crippen LogP contribution in [0.2, 0.25) is 0 Å². The lowest BCUT2D eigenvalue weighted by Crippen LogP contribution is -2.26. The number of hydrogen-bond donors (Lipinski definition) is 0. The molecule has 5 nitrogen and oxygen atoms in total. The Morgan fingerprint density at radius 3 is 2.72 bits per heavy atom. The highest BCUT2D eigenvalue weighted by molar-refractivity contribution is 5.88. The summed E-state index contributed by atoms with van der Waals surface area (Å²) in [6.45, 7) is 0.395. The highest BCUT2D eigenvalue weighted by Gasteiger charge is 2.11. The van der Waals surface area contributed by atoms with Crippen molar-refractivity contribution in [3.05, 3.63) is 64.3 Å². The van der Waals surface area contributed by atoms with Crippen molar-refractivity contribution >= 4 is 5.97 Å². The number of rotatable bonds is 3. The van der Waals surface area contributed by atoms with Gasteiger partial charge < -0.3 is 9.30 Å². The number of nitrogens with zero attached hydrogens (tertiary/aromatic N) is 2. The minimum absolute atomic E-state index is 0.0362. The molecule has 0 N–H and O–H groups in total. The molecule has 0 spiro atoms. The van der Waals surface area contributed by atoms with Crippen LogP contribution in [0.3, 0.4) is 0 Å². The highest BCUT2D eigenvalue weighted by atomic mass is 16.5. The van der Waals surface area contributed by atoms with E-state index in [2.05, 4.69) is 9.72 Å². The predicted octanol–water partition coefficient (Wildman–Crippen LogP) is 1.08. The average Bonchev–Trinajstić information content (AvgIpc) is 2.41. The standard InChI is InChI=1S/C13H12N2O3/c1-18-13(17)11-3-2-8-15(12(11)16)9-10-4-6-14-7-5-10/h2-8H,9H2,1H3. The summed E-state index contributed by atoms with van der Waals surface area (Å²) >= 11 is 0. The van der Waals surface area contributed by atoms with E-state index in [-0.39, 0.29) is 11.1 Å². The van der Waals surface area contributed by atoms with Crippen LogP contribution >= 0.6 is 0 Å². The molecule has 2 rings (SSSR count). The van der Waals surface area contributed by atoms with Gasteiger partial charge in [-0.25, -0.2) is 4.79 Å².